The van der Waals surface area contributed by atoms with Crippen molar-refractivity contribution in [1.82, 2.24) is 15.3 Å². The standard InChI is InChI=1S/C19H24N4O3S2/c1-21-9-11-22(12-10-21)20-17(24)7-8-23-18(25)16(28-19(23)27)13-14-3-5-15(26-2)6-4-14/h3-6,13H,7-12H2,1-2H3,(H,20,24)/p+1/b16-13-. The van der Waals surface area contributed by atoms with Gasteiger partial charge in [0.15, 0.2) is 0 Å². The van der Waals surface area contributed by atoms with Crippen molar-refractivity contribution < 1.29 is 19.2 Å². The van der Waals surface area contributed by atoms with Gasteiger partial charge in [-0.05, 0) is 23.8 Å². The molecule has 2 amide bonds. The smallest absolute Gasteiger partial charge is 0.266 e. The molecule has 0 spiro atoms. The third-order valence-corrected chi connectivity index (χ3v) is 6.13. The van der Waals surface area contributed by atoms with Crippen LogP contribution in [0.5, 0.6) is 5.75 Å². The Morgan fingerprint density at radius 1 is 1.32 bits per heavy atom. The second kappa shape index (κ2) is 9.51. The Bertz CT molecular complexity index is 774. The summed E-state index contributed by atoms with van der Waals surface area (Å²) in [7, 11) is 3.76. The molecular weight excluding hydrogens is 396 g/mol. The number of carbonyl (C=O) groups is 2. The number of ether oxygens (including phenoxy) is 1. The van der Waals surface area contributed by atoms with Gasteiger partial charge in [0.05, 0.1) is 45.2 Å². The van der Waals surface area contributed by atoms with Crippen LogP contribution in [-0.2, 0) is 9.59 Å². The average molecular weight is 422 g/mol. The van der Waals surface area contributed by atoms with Crippen molar-refractivity contribution in [1.29, 1.82) is 0 Å². The molecular formula is C19H25N4O3S2+. The first-order chi connectivity index (χ1) is 13.5. The van der Waals surface area contributed by atoms with Crippen LogP contribution in [-0.4, -0.2) is 72.9 Å². The van der Waals surface area contributed by atoms with E-state index in [1.54, 1.807) is 7.11 Å². The number of carbonyl (C=O) groups excluding carboxylic acids is 2. The number of benzene rings is 1. The molecule has 2 fully saturated rings. The molecule has 2 aliphatic rings. The first-order valence-corrected chi connectivity index (χ1v) is 10.4. The predicted octanol–water partition coefficient (Wildman–Crippen LogP) is 0.148. The van der Waals surface area contributed by atoms with Gasteiger partial charge in [0.25, 0.3) is 5.91 Å². The monoisotopic (exact) mass is 421 g/mol. The highest BCUT2D eigenvalue weighted by Gasteiger charge is 2.32. The van der Waals surface area contributed by atoms with Crippen LogP contribution in [0.3, 0.4) is 0 Å². The minimum atomic E-state index is -0.151. The number of methoxy groups -OCH3 is 1. The van der Waals surface area contributed by atoms with Crippen molar-refractivity contribution in [2.45, 2.75) is 6.42 Å². The number of quaternary nitrogens is 1. The van der Waals surface area contributed by atoms with Crippen molar-refractivity contribution in [2.75, 3.05) is 46.9 Å². The van der Waals surface area contributed by atoms with Crippen LogP contribution in [0.1, 0.15) is 12.0 Å². The Morgan fingerprint density at radius 2 is 2.00 bits per heavy atom. The molecule has 2 saturated heterocycles. The van der Waals surface area contributed by atoms with Crippen molar-refractivity contribution in [2.24, 2.45) is 0 Å². The molecule has 0 bridgehead atoms. The van der Waals surface area contributed by atoms with Gasteiger partial charge in [-0.1, -0.05) is 36.1 Å². The Labute approximate surface area is 174 Å². The third-order valence-electron chi connectivity index (χ3n) is 4.75. The second-order valence-corrected chi connectivity index (χ2v) is 8.51. The van der Waals surface area contributed by atoms with E-state index in [9.17, 15) is 9.59 Å². The van der Waals surface area contributed by atoms with Gasteiger partial charge in [-0.2, -0.15) is 0 Å². The fraction of sp³-hybridized carbons (Fsp3) is 0.421. The lowest BCUT2D eigenvalue weighted by Crippen LogP contribution is -3.12. The average Bonchev–Trinajstić information content (AvgIpc) is 2.95. The van der Waals surface area contributed by atoms with Gasteiger partial charge in [-0.25, -0.2) is 5.01 Å². The van der Waals surface area contributed by atoms with Gasteiger partial charge >= 0.3 is 0 Å². The van der Waals surface area contributed by atoms with E-state index in [0.29, 0.717) is 9.23 Å². The number of hydrazine groups is 1. The summed E-state index contributed by atoms with van der Waals surface area (Å²) in [5.41, 5.74) is 3.82. The van der Waals surface area contributed by atoms with Crippen LogP contribution in [0.2, 0.25) is 0 Å². The predicted molar refractivity (Wildman–Crippen MR) is 114 cm³/mol. The third kappa shape index (κ3) is 5.32. The number of rotatable bonds is 6. The highest BCUT2D eigenvalue weighted by molar-refractivity contribution is 8.26. The van der Waals surface area contributed by atoms with Gasteiger partial charge in [-0.15, -0.1) is 0 Å². The molecule has 7 nitrogen and oxygen atoms in total. The molecule has 1 aromatic rings. The van der Waals surface area contributed by atoms with E-state index in [0.717, 1.165) is 37.5 Å². The molecule has 2 heterocycles. The quantitative estimate of drug-likeness (QED) is 0.504. The Morgan fingerprint density at radius 3 is 2.64 bits per heavy atom. The Balaban J connectivity index is 1.53. The van der Waals surface area contributed by atoms with Gasteiger partial charge in [-0.3, -0.25) is 19.9 Å². The summed E-state index contributed by atoms with van der Waals surface area (Å²) in [6.45, 7) is 3.97. The number of thioether (sulfide) groups is 1. The molecule has 0 radical (unpaired) electrons. The molecule has 2 aliphatic heterocycles. The van der Waals surface area contributed by atoms with E-state index in [1.807, 2.05) is 35.4 Å². The van der Waals surface area contributed by atoms with Crippen molar-refractivity contribution in [3.8, 4) is 5.75 Å². The number of thiocarbonyl (C=S) groups is 1. The summed E-state index contributed by atoms with van der Waals surface area (Å²) in [4.78, 5) is 28.4. The zero-order valence-electron chi connectivity index (χ0n) is 16.1. The van der Waals surface area contributed by atoms with Crippen molar-refractivity contribution >= 4 is 46.2 Å². The summed E-state index contributed by atoms with van der Waals surface area (Å²) >= 11 is 6.61. The highest BCUT2D eigenvalue weighted by atomic mass is 32.2. The molecule has 1 aromatic carbocycles. The van der Waals surface area contributed by atoms with E-state index in [-0.39, 0.29) is 24.8 Å². The van der Waals surface area contributed by atoms with E-state index in [1.165, 1.54) is 21.6 Å². The van der Waals surface area contributed by atoms with Crippen LogP contribution in [0.25, 0.3) is 6.08 Å². The van der Waals surface area contributed by atoms with Crippen LogP contribution in [0.4, 0.5) is 0 Å². The van der Waals surface area contributed by atoms with Crippen molar-refractivity contribution in [3.05, 3.63) is 34.7 Å². The molecule has 0 aromatic heterocycles. The summed E-state index contributed by atoms with van der Waals surface area (Å²) in [5.74, 6) is 0.520. The first kappa shape index (κ1) is 20.8. The van der Waals surface area contributed by atoms with E-state index in [2.05, 4.69) is 12.5 Å². The second-order valence-electron chi connectivity index (χ2n) is 6.84. The lowest BCUT2D eigenvalue weighted by Gasteiger charge is -2.30. The number of piperazine rings is 1. The minimum Gasteiger partial charge on any atom is -0.497 e. The molecule has 0 saturated carbocycles. The summed E-state index contributed by atoms with van der Waals surface area (Å²) < 4.78 is 5.63. The largest absolute Gasteiger partial charge is 0.497 e. The zero-order chi connectivity index (χ0) is 20.1. The van der Waals surface area contributed by atoms with Crippen LogP contribution in [0, 0.1) is 0 Å². The normalized spacial score (nSPS) is 20.1. The molecule has 9 heteroatoms. The maximum Gasteiger partial charge on any atom is 0.266 e. The fourth-order valence-electron chi connectivity index (χ4n) is 2.99. The summed E-state index contributed by atoms with van der Waals surface area (Å²) in [5, 5.41) is 1.95. The maximum absolute atomic E-state index is 12.7. The van der Waals surface area contributed by atoms with Crippen LogP contribution >= 0.6 is 24.0 Å². The fourth-order valence-corrected chi connectivity index (χ4v) is 4.30. The first-order valence-electron chi connectivity index (χ1n) is 9.21. The molecule has 0 aliphatic carbocycles. The van der Waals surface area contributed by atoms with Crippen molar-refractivity contribution in [3.63, 3.8) is 0 Å². The van der Waals surface area contributed by atoms with Crippen LogP contribution in [0.15, 0.2) is 29.2 Å². The Hall–Kier alpha value is -1.94. The summed E-state index contributed by atoms with van der Waals surface area (Å²) in [6, 6.07) is 7.46. The Kier molecular flexibility index (Phi) is 7.06. The number of hydrogen-bond donors (Lipinski definition) is 2. The van der Waals surface area contributed by atoms with Gasteiger partial charge < -0.3 is 9.64 Å². The maximum atomic E-state index is 12.7. The number of nitrogens with one attached hydrogen (secondary N) is 2. The molecule has 0 unspecified atom stereocenters. The number of amides is 2. The highest BCUT2D eigenvalue weighted by Crippen LogP contribution is 2.32. The number of hydrogen-bond acceptors (Lipinski definition) is 6. The molecule has 150 valence electrons. The molecule has 0 atom stereocenters. The number of likely N-dealkylation sites (N-methyl/N-ethyl adjacent to an activating group) is 1. The molecule has 3 rings (SSSR count). The minimum absolute atomic E-state index is 0.0901. The van der Waals surface area contributed by atoms with E-state index < -0.39 is 0 Å². The number of nitrogens with zero attached hydrogens (tertiary/aromatic N) is 2. The lowest BCUT2D eigenvalue weighted by atomic mass is 10.2. The van der Waals surface area contributed by atoms with Gasteiger partial charge in [0.2, 0.25) is 5.91 Å². The topological polar surface area (TPSA) is 66.3 Å². The van der Waals surface area contributed by atoms with Gasteiger partial charge in [0, 0.05) is 13.0 Å². The lowest BCUT2D eigenvalue weighted by molar-refractivity contribution is -0.884. The summed E-state index contributed by atoms with van der Waals surface area (Å²) in [6.07, 6.45) is 2.03. The van der Waals surface area contributed by atoms with E-state index in [4.69, 9.17) is 17.0 Å². The van der Waals surface area contributed by atoms with Crippen LogP contribution < -0.4 is 15.1 Å². The molecule has 2 N–H and O–H groups in total. The van der Waals surface area contributed by atoms with Gasteiger partial charge in [0.1, 0.15) is 10.1 Å². The van der Waals surface area contributed by atoms with E-state index >= 15 is 0 Å². The zero-order valence-corrected chi connectivity index (χ0v) is 17.7. The molecule has 28 heavy (non-hydrogen) atoms. The SMILES string of the molecule is COc1ccc(/C=C2\SC(=S)N(CCC(=O)NN3CC[NH+](C)CC3)C2=O)cc1.